The number of alkyl halides is 1. The van der Waals surface area contributed by atoms with E-state index in [-0.39, 0.29) is 24.9 Å². The minimum Gasteiger partial charge on any atom is -0.447 e. The Balaban J connectivity index is 1.41. The largest absolute Gasteiger partial charge is 0.447 e. The Morgan fingerprint density at radius 2 is 1.81 bits per heavy atom. The van der Waals surface area contributed by atoms with Crippen LogP contribution in [0.4, 0.5) is 25.5 Å². The molecule has 13 heteroatoms. The van der Waals surface area contributed by atoms with E-state index in [9.17, 15) is 19.2 Å². The van der Waals surface area contributed by atoms with Gasteiger partial charge in [-0.25, -0.2) is 14.0 Å². The number of aromatic nitrogens is 1. The first-order valence-electron chi connectivity index (χ1n) is 12.3. The van der Waals surface area contributed by atoms with E-state index < -0.39 is 53.9 Å². The highest BCUT2D eigenvalue weighted by atomic mass is 19.1. The van der Waals surface area contributed by atoms with Gasteiger partial charge in [-0.15, -0.1) is 0 Å². The Morgan fingerprint density at radius 1 is 1.08 bits per heavy atom. The van der Waals surface area contributed by atoms with Crippen molar-refractivity contribution in [3.8, 4) is 0 Å². The highest BCUT2D eigenvalue weighted by Crippen LogP contribution is 2.50. The summed E-state index contributed by atoms with van der Waals surface area (Å²) in [6, 6.07) is 1.17. The second kappa shape index (κ2) is 7.40. The SMILES string of the molecule is C[C@@H]1O[C@H](C)C(F)N2c3cc4onc(N5C(=O)OC[C@@H]5C5CC5)c4cc3CC3(C(=O)NC(=O)NC3=O)[C@@H]12. The Labute approximate surface area is 209 Å². The number of carbonyl (C=O) groups excluding carboxylic acids is 4. The van der Waals surface area contributed by atoms with Crippen molar-refractivity contribution in [2.45, 2.75) is 63.7 Å². The number of nitrogens with zero attached hydrogens (tertiary/aromatic N) is 3. The van der Waals surface area contributed by atoms with Gasteiger partial charge in [-0.05, 0) is 50.7 Å². The quantitative estimate of drug-likeness (QED) is 0.453. The Kier molecular flexibility index (Phi) is 4.49. The van der Waals surface area contributed by atoms with E-state index in [1.165, 1.54) is 9.80 Å². The number of nitrogens with one attached hydrogen (secondary N) is 2. The van der Waals surface area contributed by atoms with Crippen LogP contribution in [-0.4, -0.2) is 66.3 Å². The molecule has 2 aromatic rings. The topological polar surface area (TPSA) is 143 Å². The monoisotopic (exact) mass is 513 g/mol. The van der Waals surface area contributed by atoms with Gasteiger partial charge >= 0.3 is 12.1 Å². The number of hydrogen-bond acceptors (Lipinski definition) is 9. The molecule has 0 bridgehead atoms. The highest BCUT2D eigenvalue weighted by molar-refractivity contribution is 6.20. The van der Waals surface area contributed by atoms with Gasteiger partial charge in [-0.1, -0.05) is 5.16 Å². The molecule has 5 atom stereocenters. The standard InChI is InChI=1S/C24H24FN5O7/c1-9-17-24(20(31)26-22(33)27-21(24)32)7-12-5-13-16(6-14(12)29(17)18(25)10(2)36-9)37-28-19(13)30-15(11-3-4-11)8-35-23(30)34/h5-6,9-11,15,17-18H,3-4,7-8H2,1-2H3,(H2,26,27,31,32,33)/t9-,10+,15+,17+,18?/m0/s1. The number of halogens is 1. The number of amides is 5. The molecule has 194 valence electrons. The van der Waals surface area contributed by atoms with Crippen LogP contribution in [0.2, 0.25) is 0 Å². The van der Waals surface area contributed by atoms with Crippen molar-refractivity contribution >= 4 is 46.4 Å². The molecule has 1 aliphatic carbocycles. The molecule has 1 unspecified atom stereocenters. The first-order valence-corrected chi connectivity index (χ1v) is 12.3. The van der Waals surface area contributed by atoms with Crippen molar-refractivity contribution in [2.24, 2.45) is 11.3 Å². The van der Waals surface area contributed by atoms with Gasteiger partial charge in [0.25, 0.3) is 0 Å². The Morgan fingerprint density at radius 3 is 2.51 bits per heavy atom. The molecule has 37 heavy (non-hydrogen) atoms. The highest BCUT2D eigenvalue weighted by Gasteiger charge is 2.64. The number of barbiturate groups is 1. The fraction of sp³-hybridized carbons (Fsp3) is 0.542. The molecular formula is C24H24FN5O7. The normalized spacial score (nSPS) is 32.8. The van der Waals surface area contributed by atoms with Crippen molar-refractivity contribution in [2.75, 3.05) is 16.4 Å². The molecule has 5 aliphatic rings. The summed E-state index contributed by atoms with van der Waals surface area (Å²) in [5.41, 5.74) is -0.601. The van der Waals surface area contributed by atoms with Crippen LogP contribution in [0.5, 0.6) is 0 Å². The van der Waals surface area contributed by atoms with E-state index >= 15 is 4.39 Å². The second-order valence-corrected chi connectivity index (χ2v) is 10.5. The molecule has 1 spiro atoms. The number of anilines is 2. The van der Waals surface area contributed by atoms with Crippen molar-refractivity contribution in [3.63, 3.8) is 0 Å². The summed E-state index contributed by atoms with van der Waals surface area (Å²) in [6.07, 6.45) is -1.94. The number of urea groups is 1. The van der Waals surface area contributed by atoms with Crippen molar-refractivity contribution in [3.05, 3.63) is 17.7 Å². The van der Waals surface area contributed by atoms with Crippen LogP contribution in [0.3, 0.4) is 0 Å². The summed E-state index contributed by atoms with van der Waals surface area (Å²) in [5.74, 6) is -1.04. The van der Waals surface area contributed by atoms with E-state index in [0.29, 0.717) is 28.1 Å². The third-order valence-electron chi connectivity index (χ3n) is 8.30. The second-order valence-electron chi connectivity index (χ2n) is 10.5. The Hall–Kier alpha value is -3.74. The van der Waals surface area contributed by atoms with E-state index in [1.54, 1.807) is 26.0 Å². The van der Waals surface area contributed by atoms with Crippen LogP contribution in [0, 0.1) is 11.3 Å². The lowest BCUT2D eigenvalue weighted by Gasteiger charge is -2.56. The van der Waals surface area contributed by atoms with Crippen molar-refractivity contribution < 1.29 is 37.6 Å². The lowest BCUT2D eigenvalue weighted by Crippen LogP contribution is -2.76. The predicted octanol–water partition coefficient (Wildman–Crippen LogP) is 1.75. The van der Waals surface area contributed by atoms with Crippen molar-refractivity contribution in [1.29, 1.82) is 0 Å². The summed E-state index contributed by atoms with van der Waals surface area (Å²) < 4.78 is 32.5. The van der Waals surface area contributed by atoms with Crippen LogP contribution < -0.4 is 20.4 Å². The van der Waals surface area contributed by atoms with Gasteiger partial charge in [-0.2, -0.15) is 0 Å². The summed E-state index contributed by atoms with van der Waals surface area (Å²) in [7, 11) is 0. The fourth-order valence-electron chi connectivity index (χ4n) is 6.47. The van der Waals surface area contributed by atoms with Crippen LogP contribution >= 0.6 is 0 Å². The van der Waals surface area contributed by atoms with Gasteiger partial charge in [0.15, 0.2) is 23.1 Å². The van der Waals surface area contributed by atoms with Crippen molar-refractivity contribution in [1.82, 2.24) is 15.8 Å². The number of morpholine rings is 1. The summed E-state index contributed by atoms with van der Waals surface area (Å²) in [6.45, 7) is 3.51. The smallest absolute Gasteiger partial charge is 0.416 e. The molecule has 1 aromatic carbocycles. The molecular weight excluding hydrogens is 489 g/mol. The fourth-order valence-corrected chi connectivity index (χ4v) is 6.47. The molecule has 1 aromatic heterocycles. The molecule has 1 saturated carbocycles. The third-order valence-corrected chi connectivity index (χ3v) is 8.30. The summed E-state index contributed by atoms with van der Waals surface area (Å²) in [5, 5.41) is 9.02. The Bertz CT molecular complexity index is 1370. The van der Waals surface area contributed by atoms with Gasteiger partial charge in [0.1, 0.15) is 12.7 Å². The minimum atomic E-state index is -1.83. The van der Waals surface area contributed by atoms with E-state index in [2.05, 4.69) is 15.8 Å². The predicted molar refractivity (Wildman–Crippen MR) is 123 cm³/mol. The maximum atomic E-state index is 15.8. The van der Waals surface area contributed by atoms with Crippen LogP contribution in [0.25, 0.3) is 11.0 Å². The molecule has 4 aliphatic heterocycles. The van der Waals surface area contributed by atoms with E-state index in [0.717, 1.165) is 12.8 Å². The molecule has 3 saturated heterocycles. The summed E-state index contributed by atoms with van der Waals surface area (Å²) >= 11 is 0. The van der Waals surface area contributed by atoms with Crippen LogP contribution in [0.1, 0.15) is 32.3 Å². The summed E-state index contributed by atoms with van der Waals surface area (Å²) in [4.78, 5) is 54.1. The van der Waals surface area contributed by atoms with Crippen LogP contribution in [0.15, 0.2) is 16.7 Å². The molecule has 2 N–H and O–H groups in total. The van der Waals surface area contributed by atoms with Crippen LogP contribution in [-0.2, 0) is 25.5 Å². The molecule has 12 nitrogen and oxygen atoms in total. The average molecular weight is 513 g/mol. The lowest BCUT2D eigenvalue weighted by molar-refractivity contribution is -0.159. The number of cyclic esters (lactones) is 1. The number of imide groups is 2. The van der Waals surface area contributed by atoms with Gasteiger partial charge in [-0.3, -0.25) is 25.1 Å². The number of rotatable bonds is 2. The molecule has 7 rings (SSSR count). The van der Waals surface area contributed by atoms with E-state index in [4.69, 9.17) is 14.0 Å². The van der Waals surface area contributed by atoms with Gasteiger partial charge in [0.05, 0.1) is 23.6 Å². The zero-order valence-electron chi connectivity index (χ0n) is 20.0. The zero-order chi connectivity index (χ0) is 25.8. The number of ether oxygens (including phenoxy) is 2. The maximum absolute atomic E-state index is 15.8. The lowest BCUT2D eigenvalue weighted by atomic mass is 9.66. The third kappa shape index (κ3) is 2.94. The molecule has 5 amide bonds. The zero-order valence-corrected chi connectivity index (χ0v) is 20.0. The molecule has 5 heterocycles. The number of carbonyl (C=O) groups is 4. The average Bonchev–Trinajstić information content (AvgIpc) is 3.51. The van der Waals surface area contributed by atoms with Gasteiger partial charge < -0.3 is 18.9 Å². The molecule has 4 fully saturated rings. The number of fused-ring (bicyclic) bond motifs is 5. The maximum Gasteiger partial charge on any atom is 0.416 e. The van der Waals surface area contributed by atoms with Gasteiger partial charge in [0.2, 0.25) is 11.8 Å². The first-order chi connectivity index (χ1) is 17.7. The number of benzene rings is 1. The first kappa shape index (κ1) is 22.5. The number of hydrogen-bond donors (Lipinski definition) is 2. The molecule has 0 radical (unpaired) electrons. The van der Waals surface area contributed by atoms with E-state index in [1.807, 2.05) is 0 Å². The minimum absolute atomic E-state index is 0.125. The van der Waals surface area contributed by atoms with Gasteiger partial charge in [0, 0.05) is 11.8 Å².